The third kappa shape index (κ3) is 2.09. The molecule has 1 aromatic carbocycles. The number of methoxy groups -OCH3 is 1. The van der Waals surface area contributed by atoms with E-state index in [1.54, 1.807) is 6.07 Å². The molecule has 1 amide bonds. The summed E-state index contributed by atoms with van der Waals surface area (Å²) in [5.74, 6) is 0.555. The van der Waals surface area contributed by atoms with E-state index in [1.165, 1.54) is 12.0 Å². The fraction of sp³-hybridized carbons (Fsp3) is 0.385. The standard InChI is InChI=1S/C13H14N2O3/c1-9-3-4-12(17-2)11(7-9)15-10(8-14)5-6-18-13(15)16/h3-4,7,10H,5-6H2,1-2H3. The number of nitriles is 1. The zero-order valence-electron chi connectivity index (χ0n) is 10.3. The molecule has 1 aliphatic heterocycles. The quantitative estimate of drug-likeness (QED) is 0.802. The van der Waals surface area contributed by atoms with E-state index in [-0.39, 0.29) is 6.61 Å². The smallest absolute Gasteiger partial charge is 0.415 e. The molecule has 1 unspecified atom stereocenters. The van der Waals surface area contributed by atoms with Crippen LogP contribution in [0.25, 0.3) is 0 Å². The van der Waals surface area contributed by atoms with Crippen LogP contribution in [0, 0.1) is 18.3 Å². The summed E-state index contributed by atoms with van der Waals surface area (Å²) >= 11 is 0. The minimum absolute atomic E-state index is 0.279. The number of rotatable bonds is 2. The largest absolute Gasteiger partial charge is 0.495 e. The van der Waals surface area contributed by atoms with Crippen LogP contribution in [0.15, 0.2) is 18.2 Å². The van der Waals surface area contributed by atoms with Gasteiger partial charge in [-0.25, -0.2) is 4.79 Å². The molecule has 0 aromatic heterocycles. The average Bonchev–Trinajstić information content (AvgIpc) is 2.38. The maximum absolute atomic E-state index is 11.8. The molecule has 1 fully saturated rings. The Morgan fingerprint density at radius 2 is 2.33 bits per heavy atom. The van der Waals surface area contributed by atoms with Gasteiger partial charge in [-0.3, -0.25) is 4.90 Å². The SMILES string of the molecule is COc1ccc(C)cc1N1C(=O)OCCC1C#N. The fourth-order valence-corrected chi connectivity index (χ4v) is 1.96. The number of anilines is 1. The monoisotopic (exact) mass is 246 g/mol. The highest BCUT2D eigenvalue weighted by Crippen LogP contribution is 2.33. The molecule has 18 heavy (non-hydrogen) atoms. The Kier molecular flexibility index (Phi) is 3.38. The molecular weight excluding hydrogens is 232 g/mol. The van der Waals surface area contributed by atoms with E-state index >= 15 is 0 Å². The lowest BCUT2D eigenvalue weighted by atomic mass is 10.1. The molecule has 0 bridgehead atoms. The lowest BCUT2D eigenvalue weighted by Gasteiger charge is -2.31. The van der Waals surface area contributed by atoms with E-state index in [9.17, 15) is 4.79 Å². The molecule has 5 heteroatoms. The summed E-state index contributed by atoms with van der Waals surface area (Å²) in [6, 6.07) is 7.09. The average molecular weight is 246 g/mol. The number of benzene rings is 1. The topological polar surface area (TPSA) is 62.6 Å². The Bertz CT molecular complexity index is 507. The van der Waals surface area contributed by atoms with E-state index in [2.05, 4.69) is 6.07 Å². The molecule has 0 N–H and O–H groups in total. The minimum atomic E-state index is -0.512. The van der Waals surface area contributed by atoms with Crippen molar-refractivity contribution in [1.82, 2.24) is 0 Å². The van der Waals surface area contributed by atoms with Gasteiger partial charge < -0.3 is 9.47 Å². The van der Waals surface area contributed by atoms with E-state index < -0.39 is 12.1 Å². The van der Waals surface area contributed by atoms with Crippen molar-refractivity contribution in [2.75, 3.05) is 18.6 Å². The first kappa shape index (κ1) is 12.2. The summed E-state index contributed by atoms with van der Waals surface area (Å²) in [5, 5.41) is 9.13. The van der Waals surface area contributed by atoms with Gasteiger partial charge in [0.2, 0.25) is 0 Å². The first-order valence-electron chi connectivity index (χ1n) is 5.67. The Hall–Kier alpha value is -2.22. The van der Waals surface area contributed by atoms with Gasteiger partial charge in [-0.2, -0.15) is 5.26 Å². The normalized spacial score (nSPS) is 19.1. The third-order valence-corrected chi connectivity index (χ3v) is 2.87. The van der Waals surface area contributed by atoms with Crippen LogP contribution in [0.3, 0.4) is 0 Å². The molecule has 94 valence electrons. The highest BCUT2D eigenvalue weighted by atomic mass is 16.6. The number of ether oxygens (including phenoxy) is 2. The maximum Gasteiger partial charge on any atom is 0.415 e. The van der Waals surface area contributed by atoms with Crippen LogP contribution < -0.4 is 9.64 Å². The maximum atomic E-state index is 11.8. The van der Waals surface area contributed by atoms with Crippen molar-refractivity contribution in [2.45, 2.75) is 19.4 Å². The van der Waals surface area contributed by atoms with Crippen molar-refractivity contribution in [3.63, 3.8) is 0 Å². The first-order valence-corrected chi connectivity index (χ1v) is 5.67. The lowest BCUT2D eigenvalue weighted by Crippen LogP contribution is -2.45. The lowest BCUT2D eigenvalue weighted by molar-refractivity contribution is 0.134. The number of carbonyl (C=O) groups is 1. The third-order valence-electron chi connectivity index (χ3n) is 2.87. The molecular formula is C13H14N2O3. The van der Waals surface area contributed by atoms with Crippen molar-refractivity contribution in [3.8, 4) is 11.8 Å². The highest BCUT2D eigenvalue weighted by molar-refractivity contribution is 5.91. The highest BCUT2D eigenvalue weighted by Gasteiger charge is 2.32. The molecule has 0 saturated carbocycles. The Morgan fingerprint density at radius 3 is 3.00 bits per heavy atom. The number of cyclic esters (lactones) is 1. The van der Waals surface area contributed by atoms with Gasteiger partial charge in [-0.05, 0) is 24.6 Å². The van der Waals surface area contributed by atoms with Crippen molar-refractivity contribution in [2.24, 2.45) is 0 Å². The molecule has 0 radical (unpaired) electrons. The van der Waals surface area contributed by atoms with Crippen molar-refractivity contribution >= 4 is 11.8 Å². The van der Waals surface area contributed by atoms with Gasteiger partial charge in [0.1, 0.15) is 11.8 Å². The number of carbonyl (C=O) groups excluding carboxylic acids is 1. The number of aryl methyl sites for hydroxylation is 1. The molecule has 1 atom stereocenters. The second-order valence-corrected chi connectivity index (χ2v) is 4.09. The van der Waals surface area contributed by atoms with Gasteiger partial charge in [0, 0.05) is 6.42 Å². The summed E-state index contributed by atoms with van der Waals surface area (Å²) in [6.07, 6.45) is -0.00371. The molecule has 1 aromatic rings. The summed E-state index contributed by atoms with van der Waals surface area (Å²) in [5.41, 5.74) is 1.56. The zero-order valence-corrected chi connectivity index (χ0v) is 10.3. The summed E-state index contributed by atoms with van der Waals surface area (Å²) in [6.45, 7) is 2.20. The summed E-state index contributed by atoms with van der Waals surface area (Å²) in [7, 11) is 1.53. The number of hydrogen-bond acceptors (Lipinski definition) is 4. The number of nitrogens with zero attached hydrogens (tertiary/aromatic N) is 2. The van der Waals surface area contributed by atoms with Gasteiger partial charge in [0.15, 0.2) is 0 Å². The van der Waals surface area contributed by atoms with Crippen LogP contribution in [0.1, 0.15) is 12.0 Å². The van der Waals surface area contributed by atoms with Gasteiger partial charge in [0.25, 0.3) is 0 Å². The van der Waals surface area contributed by atoms with E-state index in [0.717, 1.165) is 5.56 Å². The van der Waals surface area contributed by atoms with Gasteiger partial charge in [0.05, 0.1) is 25.5 Å². The van der Waals surface area contributed by atoms with E-state index in [4.69, 9.17) is 14.7 Å². The van der Waals surface area contributed by atoms with Gasteiger partial charge in [-0.1, -0.05) is 6.07 Å². The number of amides is 1. The summed E-state index contributed by atoms with van der Waals surface area (Å²) < 4.78 is 10.2. The van der Waals surface area contributed by atoms with Crippen LogP contribution >= 0.6 is 0 Å². The molecule has 5 nitrogen and oxygen atoms in total. The van der Waals surface area contributed by atoms with Gasteiger partial charge >= 0.3 is 6.09 Å². The first-order chi connectivity index (χ1) is 8.67. The summed E-state index contributed by atoms with van der Waals surface area (Å²) in [4.78, 5) is 13.2. The minimum Gasteiger partial charge on any atom is -0.495 e. The zero-order chi connectivity index (χ0) is 13.1. The van der Waals surface area contributed by atoms with Crippen LogP contribution in [0.5, 0.6) is 5.75 Å². The Balaban J connectivity index is 2.47. The molecule has 1 heterocycles. The molecule has 2 rings (SSSR count). The Morgan fingerprint density at radius 1 is 1.56 bits per heavy atom. The van der Waals surface area contributed by atoms with Crippen LogP contribution in [-0.2, 0) is 4.74 Å². The number of hydrogen-bond donors (Lipinski definition) is 0. The molecule has 0 aliphatic carbocycles. The van der Waals surface area contributed by atoms with Crippen LogP contribution in [0.4, 0.5) is 10.5 Å². The van der Waals surface area contributed by atoms with Gasteiger partial charge in [-0.15, -0.1) is 0 Å². The van der Waals surface area contributed by atoms with Crippen LogP contribution in [-0.4, -0.2) is 25.9 Å². The van der Waals surface area contributed by atoms with E-state index in [1.807, 2.05) is 19.1 Å². The second kappa shape index (κ2) is 4.96. The van der Waals surface area contributed by atoms with Crippen molar-refractivity contribution in [3.05, 3.63) is 23.8 Å². The predicted octanol–water partition coefficient (Wildman–Crippen LogP) is 2.24. The molecule has 0 spiro atoms. The van der Waals surface area contributed by atoms with Crippen molar-refractivity contribution < 1.29 is 14.3 Å². The predicted molar refractivity (Wildman–Crippen MR) is 65.6 cm³/mol. The van der Waals surface area contributed by atoms with Crippen LogP contribution in [0.2, 0.25) is 0 Å². The second-order valence-electron chi connectivity index (χ2n) is 4.09. The molecule has 1 aliphatic rings. The fourth-order valence-electron chi connectivity index (χ4n) is 1.96. The Labute approximate surface area is 106 Å². The van der Waals surface area contributed by atoms with Crippen molar-refractivity contribution in [1.29, 1.82) is 5.26 Å². The molecule has 1 saturated heterocycles. The van der Waals surface area contributed by atoms with E-state index in [0.29, 0.717) is 17.9 Å².